The van der Waals surface area contributed by atoms with E-state index < -0.39 is 0 Å². The van der Waals surface area contributed by atoms with E-state index in [-0.39, 0.29) is 0 Å². The number of nitrogens with zero attached hydrogens (tertiary/aromatic N) is 3. The van der Waals surface area contributed by atoms with E-state index in [2.05, 4.69) is 25.9 Å². The third-order valence-electron chi connectivity index (χ3n) is 1.41. The first-order valence-electron chi connectivity index (χ1n) is 4.04. The largest absolute Gasteiger partial charge is 0.480 e. The zero-order valence-electron chi connectivity index (χ0n) is 8.36. The number of aromatic nitrogens is 1. The second-order valence-electron chi connectivity index (χ2n) is 2.87. The van der Waals surface area contributed by atoms with E-state index in [0.717, 1.165) is 4.47 Å². The Morgan fingerprint density at radius 3 is 2.79 bits per heavy atom. The molecule has 0 spiro atoms. The van der Waals surface area contributed by atoms with Gasteiger partial charge in [-0.05, 0) is 28.1 Å². The molecule has 0 amide bonds. The van der Waals surface area contributed by atoms with Crippen molar-refractivity contribution < 1.29 is 4.74 Å². The number of pyridine rings is 1. The van der Waals surface area contributed by atoms with Crippen molar-refractivity contribution in [1.29, 1.82) is 0 Å². The molecule has 76 valence electrons. The van der Waals surface area contributed by atoms with Gasteiger partial charge in [0.25, 0.3) is 0 Å². The number of halogens is 1. The Hall–Kier alpha value is -1.10. The van der Waals surface area contributed by atoms with Gasteiger partial charge in [-0.3, -0.25) is 0 Å². The molecule has 1 rings (SSSR count). The number of rotatable bonds is 3. The van der Waals surface area contributed by atoms with Crippen molar-refractivity contribution in [3.63, 3.8) is 0 Å². The smallest absolute Gasteiger partial charge is 0.229 e. The van der Waals surface area contributed by atoms with Gasteiger partial charge in [-0.25, -0.2) is 4.99 Å². The second kappa shape index (κ2) is 4.95. The van der Waals surface area contributed by atoms with Gasteiger partial charge in [0.2, 0.25) is 5.88 Å². The van der Waals surface area contributed by atoms with Crippen LogP contribution in [0.15, 0.2) is 21.6 Å². The summed E-state index contributed by atoms with van der Waals surface area (Å²) < 4.78 is 5.87. The fourth-order valence-electron chi connectivity index (χ4n) is 0.803. The molecular formula is C9H12BrN3O. The van der Waals surface area contributed by atoms with E-state index in [1.807, 2.05) is 31.1 Å². The number of hydrogen-bond donors (Lipinski definition) is 0. The lowest BCUT2D eigenvalue weighted by atomic mass is 10.4. The minimum atomic E-state index is 0.540. The molecule has 1 aromatic heterocycles. The molecule has 0 aliphatic heterocycles. The highest BCUT2D eigenvalue weighted by molar-refractivity contribution is 9.10. The topological polar surface area (TPSA) is 37.7 Å². The average molecular weight is 258 g/mol. The molecule has 1 aromatic rings. The molecule has 0 aromatic carbocycles. The fraction of sp³-hybridized carbons (Fsp3) is 0.333. The summed E-state index contributed by atoms with van der Waals surface area (Å²) in [6, 6.07) is 3.67. The Morgan fingerprint density at radius 2 is 2.21 bits per heavy atom. The summed E-state index contributed by atoms with van der Waals surface area (Å²) in [4.78, 5) is 10.2. The lowest BCUT2D eigenvalue weighted by Crippen LogP contribution is -2.07. The summed E-state index contributed by atoms with van der Waals surface area (Å²) in [5.74, 6) is 1.16. The molecule has 0 N–H and O–H groups in total. The minimum Gasteiger partial charge on any atom is -0.480 e. The molecule has 1 heterocycles. The maximum absolute atomic E-state index is 5.05. The van der Waals surface area contributed by atoms with E-state index in [9.17, 15) is 0 Å². The molecule has 0 aliphatic rings. The van der Waals surface area contributed by atoms with Crippen LogP contribution in [0, 0.1) is 0 Å². The highest BCUT2D eigenvalue weighted by atomic mass is 79.9. The van der Waals surface area contributed by atoms with Crippen LogP contribution in [0.2, 0.25) is 0 Å². The van der Waals surface area contributed by atoms with E-state index in [4.69, 9.17) is 4.74 Å². The van der Waals surface area contributed by atoms with Crippen molar-refractivity contribution >= 4 is 28.1 Å². The van der Waals surface area contributed by atoms with Crippen LogP contribution < -0.4 is 4.74 Å². The van der Waals surface area contributed by atoms with Crippen molar-refractivity contribution in [2.24, 2.45) is 4.99 Å². The quantitative estimate of drug-likeness (QED) is 0.615. The molecule has 14 heavy (non-hydrogen) atoms. The van der Waals surface area contributed by atoms with E-state index in [1.54, 1.807) is 13.4 Å². The number of methoxy groups -OCH3 is 1. The van der Waals surface area contributed by atoms with Gasteiger partial charge in [-0.15, -0.1) is 0 Å². The second-order valence-corrected chi connectivity index (χ2v) is 3.72. The Bertz CT molecular complexity index is 339. The fourth-order valence-corrected chi connectivity index (χ4v) is 1.19. The Labute approximate surface area is 91.7 Å². The van der Waals surface area contributed by atoms with Crippen LogP contribution in [-0.2, 0) is 0 Å². The number of aliphatic imine (C=N–C) groups is 1. The maximum Gasteiger partial charge on any atom is 0.229 e. The Morgan fingerprint density at radius 1 is 1.50 bits per heavy atom. The van der Waals surface area contributed by atoms with E-state index in [0.29, 0.717) is 11.7 Å². The zero-order chi connectivity index (χ0) is 10.6. The van der Waals surface area contributed by atoms with Gasteiger partial charge in [0.15, 0.2) is 5.82 Å². The van der Waals surface area contributed by atoms with Crippen molar-refractivity contribution in [2.75, 3.05) is 21.2 Å². The predicted octanol–water partition coefficient (Wildman–Crippen LogP) is 2.07. The summed E-state index contributed by atoms with van der Waals surface area (Å²) >= 11 is 3.32. The summed E-state index contributed by atoms with van der Waals surface area (Å²) in [6.07, 6.45) is 1.69. The summed E-state index contributed by atoms with van der Waals surface area (Å²) in [5.41, 5.74) is 0. The van der Waals surface area contributed by atoms with Crippen molar-refractivity contribution in [3.05, 3.63) is 16.6 Å². The van der Waals surface area contributed by atoms with Crippen LogP contribution in [0.5, 0.6) is 5.88 Å². The average Bonchev–Trinajstić information content (AvgIpc) is 2.16. The molecule has 0 saturated carbocycles. The molecule has 0 saturated heterocycles. The molecule has 0 aliphatic carbocycles. The lowest BCUT2D eigenvalue weighted by Gasteiger charge is -2.04. The van der Waals surface area contributed by atoms with Crippen LogP contribution in [0.3, 0.4) is 0 Å². The van der Waals surface area contributed by atoms with Crippen molar-refractivity contribution in [2.45, 2.75) is 0 Å². The minimum absolute atomic E-state index is 0.540. The predicted molar refractivity (Wildman–Crippen MR) is 60.3 cm³/mol. The van der Waals surface area contributed by atoms with Crippen LogP contribution in [0.4, 0.5) is 5.82 Å². The van der Waals surface area contributed by atoms with Gasteiger partial charge < -0.3 is 9.64 Å². The molecule has 5 heteroatoms. The highest BCUT2D eigenvalue weighted by Crippen LogP contribution is 2.24. The van der Waals surface area contributed by atoms with E-state index >= 15 is 0 Å². The van der Waals surface area contributed by atoms with Crippen LogP contribution >= 0.6 is 15.9 Å². The first-order chi connectivity index (χ1) is 6.63. The SMILES string of the molecule is COc1nc(N=CN(C)C)ccc1Br. The van der Waals surface area contributed by atoms with Gasteiger partial charge in [0.05, 0.1) is 17.9 Å². The summed E-state index contributed by atoms with van der Waals surface area (Å²) in [7, 11) is 5.38. The molecule has 0 unspecified atom stereocenters. The third-order valence-corrected chi connectivity index (χ3v) is 2.02. The molecule has 0 fully saturated rings. The third kappa shape index (κ3) is 2.99. The molecule has 0 atom stereocenters. The maximum atomic E-state index is 5.05. The zero-order valence-corrected chi connectivity index (χ0v) is 9.95. The highest BCUT2D eigenvalue weighted by Gasteiger charge is 2.01. The van der Waals surface area contributed by atoms with Gasteiger partial charge >= 0.3 is 0 Å². The van der Waals surface area contributed by atoms with Gasteiger partial charge in [0.1, 0.15) is 0 Å². The van der Waals surface area contributed by atoms with Gasteiger partial charge in [-0.2, -0.15) is 4.98 Å². The van der Waals surface area contributed by atoms with Crippen LogP contribution in [-0.4, -0.2) is 37.4 Å². The lowest BCUT2D eigenvalue weighted by molar-refractivity contribution is 0.395. The first-order valence-corrected chi connectivity index (χ1v) is 4.84. The Balaban J connectivity index is 2.89. The van der Waals surface area contributed by atoms with Crippen LogP contribution in [0.25, 0.3) is 0 Å². The summed E-state index contributed by atoms with van der Waals surface area (Å²) in [5, 5.41) is 0. The van der Waals surface area contributed by atoms with Gasteiger partial charge in [-0.1, -0.05) is 0 Å². The summed E-state index contributed by atoms with van der Waals surface area (Å²) in [6.45, 7) is 0. The molecule has 0 bridgehead atoms. The molecule has 4 nitrogen and oxygen atoms in total. The monoisotopic (exact) mass is 257 g/mol. The van der Waals surface area contributed by atoms with Crippen molar-refractivity contribution in [3.8, 4) is 5.88 Å². The van der Waals surface area contributed by atoms with E-state index in [1.165, 1.54) is 0 Å². The molecule has 0 radical (unpaired) electrons. The Kier molecular flexibility index (Phi) is 3.88. The number of hydrogen-bond acceptors (Lipinski definition) is 3. The number of ether oxygens (including phenoxy) is 1. The molecular weight excluding hydrogens is 246 g/mol. The van der Waals surface area contributed by atoms with Gasteiger partial charge in [0, 0.05) is 14.1 Å². The standard InChI is InChI=1S/C9H12BrN3O/c1-13(2)6-11-8-5-4-7(10)9(12-8)14-3/h4-6H,1-3H3. The normalized spacial score (nSPS) is 10.6. The first kappa shape index (κ1) is 11.0. The van der Waals surface area contributed by atoms with Crippen LogP contribution in [0.1, 0.15) is 0 Å². The van der Waals surface area contributed by atoms with Crippen molar-refractivity contribution in [1.82, 2.24) is 9.88 Å².